The molecule has 0 spiro atoms. The van der Waals surface area contributed by atoms with E-state index in [1.807, 2.05) is 6.92 Å². The first-order valence-electron chi connectivity index (χ1n) is 9.23. The molecule has 0 aliphatic carbocycles. The molecule has 3 aliphatic rings. The van der Waals surface area contributed by atoms with E-state index in [0.717, 1.165) is 12.2 Å². The van der Waals surface area contributed by atoms with Crippen LogP contribution in [0.5, 0.6) is 11.5 Å². The third-order valence-electron chi connectivity index (χ3n) is 4.95. The number of anilines is 1. The molecule has 0 saturated carbocycles. The van der Waals surface area contributed by atoms with E-state index in [2.05, 4.69) is 0 Å². The predicted octanol–water partition coefficient (Wildman–Crippen LogP) is 2.35. The van der Waals surface area contributed by atoms with Gasteiger partial charge in [-0.25, -0.2) is 4.90 Å². The van der Waals surface area contributed by atoms with E-state index in [9.17, 15) is 9.59 Å². The summed E-state index contributed by atoms with van der Waals surface area (Å²) in [4.78, 5) is 27.1. The lowest BCUT2D eigenvalue weighted by molar-refractivity contribution is 0.0925. The Bertz CT molecular complexity index is 963. The van der Waals surface area contributed by atoms with Gasteiger partial charge in [-0.3, -0.25) is 9.59 Å². The second-order valence-electron chi connectivity index (χ2n) is 7.11. The summed E-state index contributed by atoms with van der Waals surface area (Å²) < 4.78 is 21.7. The molecule has 28 heavy (non-hydrogen) atoms. The zero-order valence-electron chi connectivity index (χ0n) is 15.3. The molecule has 144 valence electrons. The monoisotopic (exact) mass is 381 g/mol. The van der Waals surface area contributed by atoms with E-state index in [1.165, 1.54) is 4.90 Å². The zero-order chi connectivity index (χ0) is 19.3. The van der Waals surface area contributed by atoms with Crippen LogP contribution < -0.4 is 14.4 Å². The van der Waals surface area contributed by atoms with Crippen LogP contribution in [0.2, 0.25) is 0 Å². The van der Waals surface area contributed by atoms with Crippen molar-refractivity contribution < 1.29 is 28.5 Å². The van der Waals surface area contributed by atoms with Crippen LogP contribution in [0.25, 0.3) is 0 Å². The van der Waals surface area contributed by atoms with Gasteiger partial charge in [-0.1, -0.05) is 6.07 Å². The van der Waals surface area contributed by atoms with Crippen molar-refractivity contribution >= 4 is 17.5 Å². The summed E-state index contributed by atoms with van der Waals surface area (Å²) in [7, 11) is 0. The van der Waals surface area contributed by atoms with Crippen LogP contribution in [-0.2, 0) is 9.47 Å². The highest BCUT2D eigenvalue weighted by Crippen LogP contribution is 2.36. The number of carbonyl (C=O) groups is 2. The zero-order valence-corrected chi connectivity index (χ0v) is 15.3. The summed E-state index contributed by atoms with van der Waals surface area (Å²) in [5.74, 6) is 0.388. The number of nitrogens with zero attached hydrogens (tertiary/aromatic N) is 1. The Balaban J connectivity index is 1.40. The fourth-order valence-electron chi connectivity index (χ4n) is 3.24. The molecule has 0 N–H and O–H groups in total. The lowest BCUT2D eigenvalue weighted by Crippen LogP contribution is -2.29. The molecule has 7 heteroatoms. The highest BCUT2D eigenvalue weighted by atomic mass is 16.6. The molecule has 2 aromatic rings. The summed E-state index contributed by atoms with van der Waals surface area (Å²) in [6.07, 6.45) is 0.227. The second kappa shape index (κ2) is 6.61. The van der Waals surface area contributed by atoms with E-state index < -0.39 is 0 Å². The van der Waals surface area contributed by atoms with Crippen LogP contribution in [0, 0.1) is 6.92 Å². The van der Waals surface area contributed by atoms with Gasteiger partial charge in [-0.05, 0) is 42.8 Å². The number of epoxide rings is 2. The van der Waals surface area contributed by atoms with Crippen molar-refractivity contribution in [3.8, 4) is 11.5 Å². The summed E-state index contributed by atoms with van der Waals surface area (Å²) in [5, 5.41) is 0. The number of rotatable bonds is 7. The molecule has 5 rings (SSSR count). The summed E-state index contributed by atoms with van der Waals surface area (Å²) in [6, 6.07) is 10.4. The molecule has 2 saturated heterocycles. The van der Waals surface area contributed by atoms with Crippen LogP contribution in [0.1, 0.15) is 26.3 Å². The smallest absolute Gasteiger partial charge is 0.269 e. The summed E-state index contributed by atoms with van der Waals surface area (Å²) in [6.45, 7) is 4.14. The van der Waals surface area contributed by atoms with Crippen molar-refractivity contribution in [2.45, 2.75) is 19.1 Å². The first-order valence-corrected chi connectivity index (χ1v) is 9.23. The maximum absolute atomic E-state index is 13.1. The summed E-state index contributed by atoms with van der Waals surface area (Å²) >= 11 is 0. The quantitative estimate of drug-likeness (QED) is 0.541. The van der Waals surface area contributed by atoms with Crippen LogP contribution in [0.4, 0.5) is 5.69 Å². The van der Waals surface area contributed by atoms with Crippen LogP contribution >= 0.6 is 0 Å². The van der Waals surface area contributed by atoms with E-state index in [4.69, 9.17) is 18.9 Å². The topological polar surface area (TPSA) is 80.9 Å². The normalized spacial score (nSPS) is 22.2. The minimum absolute atomic E-state index is 0.0652. The molecule has 3 heterocycles. The van der Waals surface area contributed by atoms with Crippen molar-refractivity contribution in [2.75, 3.05) is 31.3 Å². The van der Waals surface area contributed by atoms with Gasteiger partial charge in [0.1, 0.15) is 36.9 Å². The van der Waals surface area contributed by atoms with Crippen molar-refractivity contribution in [3.05, 3.63) is 53.1 Å². The minimum Gasteiger partial charge on any atom is -0.491 e. The molecule has 0 bridgehead atoms. The number of amides is 2. The largest absolute Gasteiger partial charge is 0.491 e. The molecule has 3 aliphatic heterocycles. The van der Waals surface area contributed by atoms with Gasteiger partial charge in [0.05, 0.1) is 30.0 Å². The van der Waals surface area contributed by atoms with Crippen LogP contribution in [0.15, 0.2) is 36.4 Å². The van der Waals surface area contributed by atoms with Gasteiger partial charge < -0.3 is 18.9 Å². The Hall–Kier alpha value is -2.90. The van der Waals surface area contributed by atoms with E-state index >= 15 is 0 Å². The van der Waals surface area contributed by atoms with Gasteiger partial charge in [0.25, 0.3) is 11.8 Å². The van der Waals surface area contributed by atoms with Gasteiger partial charge in [0.15, 0.2) is 0 Å². The number of aryl methyl sites for hydroxylation is 1. The average molecular weight is 381 g/mol. The molecule has 2 fully saturated rings. The van der Waals surface area contributed by atoms with Gasteiger partial charge in [-0.15, -0.1) is 0 Å². The van der Waals surface area contributed by atoms with Crippen molar-refractivity contribution in [3.63, 3.8) is 0 Å². The van der Waals surface area contributed by atoms with Crippen molar-refractivity contribution in [2.24, 2.45) is 0 Å². The number of carbonyl (C=O) groups excluding carboxylic acids is 2. The second-order valence-corrected chi connectivity index (χ2v) is 7.11. The standard InChI is InChI=1S/C21H19NO6/c1-12-7-13(5-6-17(12)27-10-14-8-25-14)22-20(23)16-3-2-4-18(19(16)21(22)24)28-11-15-9-26-15/h2-7,14-15H,8-11H2,1H3. The number of hydrogen-bond donors (Lipinski definition) is 0. The fraction of sp³-hybridized carbons (Fsp3) is 0.333. The third-order valence-corrected chi connectivity index (χ3v) is 4.95. The van der Waals surface area contributed by atoms with E-state index in [-0.39, 0.29) is 24.0 Å². The highest BCUT2D eigenvalue weighted by Gasteiger charge is 2.39. The van der Waals surface area contributed by atoms with Gasteiger partial charge in [-0.2, -0.15) is 0 Å². The first kappa shape index (κ1) is 17.2. The Morgan fingerprint density at radius 3 is 2.29 bits per heavy atom. The van der Waals surface area contributed by atoms with Crippen LogP contribution in [0.3, 0.4) is 0 Å². The Morgan fingerprint density at radius 2 is 1.64 bits per heavy atom. The molecule has 0 radical (unpaired) electrons. The molecular formula is C21H19NO6. The van der Waals surface area contributed by atoms with Crippen molar-refractivity contribution in [1.29, 1.82) is 0 Å². The molecule has 2 unspecified atom stereocenters. The lowest BCUT2D eigenvalue weighted by Gasteiger charge is -2.16. The average Bonchev–Trinajstić information content (AvgIpc) is 3.60. The molecule has 0 aromatic heterocycles. The van der Waals surface area contributed by atoms with Gasteiger partial charge in [0.2, 0.25) is 0 Å². The number of ether oxygens (including phenoxy) is 4. The Labute approximate surface area is 161 Å². The number of hydrogen-bond acceptors (Lipinski definition) is 6. The number of imide groups is 1. The highest BCUT2D eigenvalue weighted by molar-refractivity contribution is 6.35. The molecular weight excluding hydrogens is 362 g/mol. The molecule has 7 nitrogen and oxygen atoms in total. The maximum Gasteiger partial charge on any atom is 0.269 e. The fourth-order valence-corrected chi connectivity index (χ4v) is 3.24. The van der Waals surface area contributed by atoms with Crippen LogP contribution in [-0.4, -0.2) is 50.4 Å². The Morgan fingerprint density at radius 1 is 0.964 bits per heavy atom. The van der Waals surface area contributed by atoms with Crippen molar-refractivity contribution in [1.82, 2.24) is 0 Å². The lowest BCUT2D eigenvalue weighted by atomic mass is 10.1. The van der Waals surface area contributed by atoms with E-state index in [1.54, 1.807) is 36.4 Å². The number of fused-ring (bicyclic) bond motifs is 1. The molecule has 2 aromatic carbocycles. The Kier molecular flexibility index (Phi) is 4.07. The number of benzene rings is 2. The first-order chi connectivity index (χ1) is 13.6. The molecule has 2 amide bonds. The van der Waals surface area contributed by atoms with Gasteiger partial charge in [0, 0.05) is 0 Å². The molecule has 2 atom stereocenters. The maximum atomic E-state index is 13.1. The summed E-state index contributed by atoms with van der Waals surface area (Å²) in [5.41, 5.74) is 2.01. The van der Waals surface area contributed by atoms with E-state index in [0.29, 0.717) is 48.1 Å². The third kappa shape index (κ3) is 3.12. The van der Waals surface area contributed by atoms with Gasteiger partial charge >= 0.3 is 0 Å². The predicted molar refractivity (Wildman–Crippen MR) is 99.2 cm³/mol. The SMILES string of the molecule is Cc1cc(N2C(=O)c3cccc(OCC4CO4)c3C2=O)ccc1OCC1CO1. The minimum atomic E-state index is -0.383.